The highest BCUT2D eigenvalue weighted by atomic mass is 32.2. The van der Waals surface area contributed by atoms with E-state index in [4.69, 9.17) is 19.2 Å². The van der Waals surface area contributed by atoms with Gasteiger partial charge in [0.2, 0.25) is 0 Å². The largest absolute Gasteiger partial charge is 0.491 e. The van der Waals surface area contributed by atoms with Crippen LogP contribution in [0.2, 0.25) is 0 Å². The lowest BCUT2D eigenvalue weighted by Gasteiger charge is -2.33. The van der Waals surface area contributed by atoms with Crippen LogP contribution in [0.3, 0.4) is 0 Å². The molecular weight excluding hydrogens is 695 g/mol. The van der Waals surface area contributed by atoms with E-state index in [1.165, 1.54) is 95.9 Å². The molecule has 3 aromatic rings. The van der Waals surface area contributed by atoms with Crippen molar-refractivity contribution in [1.82, 2.24) is 15.3 Å². The Morgan fingerprint density at radius 3 is 2.09 bits per heavy atom. The van der Waals surface area contributed by atoms with Crippen molar-refractivity contribution in [1.29, 1.82) is 0 Å². The average molecular weight is 760 g/mol. The van der Waals surface area contributed by atoms with Crippen LogP contribution in [0.4, 0.5) is 0 Å². The van der Waals surface area contributed by atoms with Crippen LogP contribution < -0.4 is 10.1 Å². The van der Waals surface area contributed by atoms with Crippen LogP contribution in [-0.4, -0.2) is 47.5 Å². The minimum absolute atomic E-state index is 0.116. The number of hydrogen-bond acceptors (Lipinski definition) is 8. The predicted molar refractivity (Wildman–Crippen MR) is 222 cm³/mol. The van der Waals surface area contributed by atoms with Crippen LogP contribution in [0.5, 0.6) is 5.75 Å². The highest BCUT2D eigenvalue weighted by molar-refractivity contribution is 7.99. The minimum atomic E-state index is -0.747. The molecule has 1 aromatic heterocycles. The fraction of sp³-hybridized carbons (Fsp3) is 0.578. The van der Waals surface area contributed by atoms with Gasteiger partial charge in [-0.05, 0) is 76.8 Å². The maximum absolute atomic E-state index is 14.0. The third-order valence-corrected chi connectivity index (χ3v) is 11.0. The van der Waals surface area contributed by atoms with E-state index in [1.807, 2.05) is 45.0 Å². The van der Waals surface area contributed by atoms with Gasteiger partial charge in [-0.2, -0.15) is 0 Å². The molecule has 0 saturated carbocycles. The van der Waals surface area contributed by atoms with Crippen molar-refractivity contribution in [2.24, 2.45) is 0 Å². The lowest BCUT2D eigenvalue weighted by atomic mass is 9.77. The second-order valence-electron chi connectivity index (χ2n) is 14.9. The molecule has 54 heavy (non-hydrogen) atoms. The Hall–Kier alpha value is -3.72. The van der Waals surface area contributed by atoms with Gasteiger partial charge in [0.25, 0.3) is 0 Å². The third-order valence-electron chi connectivity index (χ3n) is 10.1. The van der Waals surface area contributed by atoms with E-state index in [-0.39, 0.29) is 12.7 Å². The smallest absolute Gasteiger partial charge is 0.336 e. The summed E-state index contributed by atoms with van der Waals surface area (Å²) in [5, 5.41) is 4.16. The Labute approximate surface area is 328 Å². The first-order chi connectivity index (χ1) is 26.2. The molecule has 0 saturated heterocycles. The quantitative estimate of drug-likeness (QED) is 0.0529. The molecule has 1 unspecified atom stereocenters. The first-order valence-corrected chi connectivity index (χ1v) is 21.5. The molecule has 0 aliphatic carbocycles. The monoisotopic (exact) mass is 759 g/mol. The number of unbranched alkanes of at least 4 members (excludes halogenated alkanes) is 13. The Morgan fingerprint density at radius 2 is 1.48 bits per heavy atom. The topological polar surface area (TPSA) is 103 Å². The summed E-state index contributed by atoms with van der Waals surface area (Å²) in [5.41, 5.74) is 6.97. The van der Waals surface area contributed by atoms with Gasteiger partial charge in [0.05, 0.1) is 47.9 Å². The van der Waals surface area contributed by atoms with E-state index < -0.39 is 17.9 Å². The predicted octanol–water partition coefficient (Wildman–Crippen LogP) is 11.4. The lowest BCUT2D eigenvalue weighted by Crippen LogP contribution is -2.34. The number of thioether (sulfide) groups is 1. The first kappa shape index (κ1) is 43.0. The number of ether oxygens (including phenoxy) is 3. The van der Waals surface area contributed by atoms with E-state index in [1.54, 1.807) is 6.92 Å². The van der Waals surface area contributed by atoms with Gasteiger partial charge in [0.1, 0.15) is 5.75 Å². The number of aromatic nitrogens is 2. The summed E-state index contributed by atoms with van der Waals surface area (Å²) >= 11 is 1.50. The number of H-pyrrole nitrogens is 1. The molecule has 2 heterocycles. The SMILES string of the molecule is CCCCCCCCCCCCCCCCc1cccc(OC(C)C)c1C1C(C(=O)OCC)=C(C)NC(CSc2nc3ccc(C)cc3[nH]2)=C1C(=O)OC. The van der Waals surface area contributed by atoms with E-state index in [9.17, 15) is 9.59 Å². The lowest BCUT2D eigenvalue weighted by molar-refractivity contribution is -0.139. The number of nitrogens with zero attached hydrogens (tertiary/aromatic N) is 1. The number of allylic oxidation sites excluding steroid dienone is 1. The van der Waals surface area contributed by atoms with Crippen molar-refractivity contribution in [3.63, 3.8) is 0 Å². The third kappa shape index (κ3) is 12.4. The Morgan fingerprint density at radius 1 is 0.833 bits per heavy atom. The normalized spacial score (nSPS) is 14.6. The zero-order chi connectivity index (χ0) is 38.9. The van der Waals surface area contributed by atoms with Gasteiger partial charge in [-0.15, -0.1) is 0 Å². The minimum Gasteiger partial charge on any atom is -0.491 e. The van der Waals surface area contributed by atoms with E-state index in [0.29, 0.717) is 34.0 Å². The molecule has 1 aliphatic heterocycles. The summed E-state index contributed by atoms with van der Waals surface area (Å²) in [6.07, 6.45) is 18.8. The fourth-order valence-electron chi connectivity index (χ4n) is 7.44. The Balaban J connectivity index is 1.57. The molecule has 9 heteroatoms. The van der Waals surface area contributed by atoms with Crippen LogP contribution in [0.1, 0.15) is 147 Å². The summed E-state index contributed by atoms with van der Waals surface area (Å²) in [7, 11) is 1.39. The zero-order valence-corrected chi connectivity index (χ0v) is 34.9. The summed E-state index contributed by atoms with van der Waals surface area (Å²) < 4.78 is 17.6. The van der Waals surface area contributed by atoms with Gasteiger partial charge < -0.3 is 24.5 Å². The standard InChI is InChI=1S/C45H65N3O5S/c1-8-10-11-12-13-14-15-16-17-18-19-20-21-22-24-34-25-23-26-38(53-31(3)4)40(34)42-39(44(50)52-9-2)33(6)46-37(41(42)43(49)51-7)30-54-45-47-35-28-27-32(5)29-36(35)48-45/h23,25-29,31,42,46H,8-22,24,30H2,1-7H3,(H,47,48). The summed E-state index contributed by atoms with van der Waals surface area (Å²) in [6.45, 7) is 12.2. The molecule has 0 bridgehead atoms. The van der Waals surface area contributed by atoms with Crippen LogP contribution >= 0.6 is 11.8 Å². The highest BCUT2D eigenvalue weighted by Gasteiger charge is 2.41. The molecule has 8 nitrogen and oxygen atoms in total. The van der Waals surface area contributed by atoms with Gasteiger partial charge in [0.15, 0.2) is 5.16 Å². The molecular formula is C45H65N3O5S. The number of benzene rings is 2. The summed E-state index contributed by atoms with van der Waals surface area (Å²) in [4.78, 5) is 36.0. The Kier molecular flexibility index (Phi) is 18.0. The van der Waals surface area contributed by atoms with Crippen molar-refractivity contribution in [2.45, 2.75) is 155 Å². The van der Waals surface area contributed by atoms with Gasteiger partial charge >= 0.3 is 11.9 Å². The highest BCUT2D eigenvalue weighted by Crippen LogP contribution is 2.46. The van der Waals surface area contributed by atoms with E-state index in [0.717, 1.165) is 52.1 Å². The van der Waals surface area contributed by atoms with Crippen LogP contribution in [0, 0.1) is 6.92 Å². The maximum Gasteiger partial charge on any atom is 0.336 e. The molecule has 296 valence electrons. The number of fused-ring (bicyclic) bond motifs is 1. The number of hydrogen-bond donors (Lipinski definition) is 2. The molecule has 4 rings (SSSR count). The zero-order valence-electron chi connectivity index (χ0n) is 34.0. The molecule has 0 amide bonds. The fourth-order valence-corrected chi connectivity index (χ4v) is 8.29. The number of imidazole rings is 1. The summed E-state index contributed by atoms with van der Waals surface area (Å²) in [6, 6.07) is 12.2. The number of rotatable bonds is 24. The molecule has 2 aromatic carbocycles. The maximum atomic E-state index is 14.0. The van der Waals surface area contributed by atoms with Crippen molar-refractivity contribution < 1.29 is 23.8 Å². The molecule has 1 atom stereocenters. The number of carbonyl (C=O) groups excluding carboxylic acids is 2. The van der Waals surface area contributed by atoms with Gasteiger partial charge in [-0.25, -0.2) is 14.6 Å². The summed E-state index contributed by atoms with van der Waals surface area (Å²) in [5.74, 6) is -0.650. The van der Waals surface area contributed by atoms with Crippen molar-refractivity contribution in [3.8, 4) is 5.75 Å². The average Bonchev–Trinajstić information content (AvgIpc) is 3.55. The van der Waals surface area contributed by atoms with Crippen molar-refractivity contribution in [3.05, 3.63) is 75.6 Å². The number of aromatic amines is 1. The second kappa shape index (κ2) is 22.6. The number of carbonyl (C=O) groups is 2. The van der Waals surface area contributed by atoms with Crippen LogP contribution in [-0.2, 0) is 25.5 Å². The van der Waals surface area contributed by atoms with Crippen molar-refractivity contribution in [2.75, 3.05) is 19.5 Å². The molecule has 0 fully saturated rings. The van der Waals surface area contributed by atoms with Crippen LogP contribution in [0.25, 0.3) is 11.0 Å². The number of dihydropyridines is 1. The number of nitrogens with one attached hydrogen (secondary N) is 2. The molecule has 2 N–H and O–H groups in total. The Bertz CT molecular complexity index is 1730. The number of methoxy groups -OCH3 is 1. The number of esters is 2. The number of aryl methyl sites for hydroxylation is 2. The van der Waals surface area contributed by atoms with E-state index in [2.05, 4.69) is 36.3 Å². The van der Waals surface area contributed by atoms with E-state index >= 15 is 0 Å². The molecule has 1 aliphatic rings. The molecule has 0 radical (unpaired) electrons. The van der Waals surface area contributed by atoms with Gasteiger partial charge in [0, 0.05) is 22.7 Å². The van der Waals surface area contributed by atoms with Crippen LogP contribution in [0.15, 0.2) is 64.1 Å². The second-order valence-corrected chi connectivity index (χ2v) is 15.9. The van der Waals surface area contributed by atoms with Crippen molar-refractivity contribution >= 4 is 34.7 Å². The first-order valence-electron chi connectivity index (χ1n) is 20.5. The van der Waals surface area contributed by atoms with Gasteiger partial charge in [-0.3, -0.25) is 0 Å². The molecule has 0 spiro atoms. The van der Waals surface area contributed by atoms with Gasteiger partial charge in [-0.1, -0.05) is 120 Å².